The number of halogens is 1. The molecule has 0 radical (unpaired) electrons. The summed E-state index contributed by atoms with van der Waals surface area (Å²) >= 11 is 0. The van der Waals surface area contributed by atoms with Crippen LogP contribution < -0.4 is 24.8 Å². The van der Waals surface area contributed by atoms with E-state index in [1.165, 1.54) is 5.56 Å². The number of hydrogen-bond acceptors (Lipinski definition) is 4. The molecule has 2 N–H and O–H groups in total. The third kappa shape index (κ3) is 6.47. The zero-order chi connectivity index (χ0) is 19.6. The molecule has 0 aliphatic heterocycles. The van der Waals surface area contributed by atoms with E-state index in [0.29, 0.717) is 23.8 Å². The Bertz CT molecular complexity index is 729. The lowest BCUT2D eigenvalue weighted by Gasteiger charge is -2.18. The van der Waals surface area contributed by atoms with E-state index < -0.39 is 0 Å². The second-order valence-corrected chi connectivity index (χ2v) is 6.01. The van der Waals surface area contributed by atoms with Crippen LogP contribution in [-0.2, 0) is 6.54 Å². The largest absolute Gasteiger partial charge is 0.493 e. The topological polar surface area (TPSA) is 64.1 Å². The lowest BCUT2D eigenvalue weighted by molar-refractivity contribution is 0.324. The molecule has 1 unspecified atom stereocenters. The molecular formula is C21H30IN3O3. The predicted octanol–water partition coefficient (Wildman–Crippen LogP) is 4.15. The van der Waals surface area contributed by atoms with Crippen LogP contribution in [0.5, 0.6) is 17.2 Å². The molecule has 0 aliphatic rings. The second kappa shape index (κ2) is 12.3. The summed E-state index contributed by atoms with van der Waals surface area (Å²) in [4.78, 5) is 4.70. The first kappa shape index (κ1) is 23.9. The van der Waals surface area contributed by atoms with Gasteiger partial charge < -0.3 is 24.8 Å². The summed E-state index contributed by atoms with van der Waals surface area (Å²) in [6.07, 6.45) is 0. The molecule has 1 atom stereocenters. The molecule has 2 rings (SSSR count). The van der Waals surface area contributed by atoms with Gasteiger partial charge in [0.2, 0.25) is 5.75 Å². The van der Waals surface area contributed by atoms with E-state index in [9.17, 15) is 0 Å². The first-order chi connectivity index (χ1) is 13.1. The molecule has 0 bridgehead atoms. The molecule has 2 aromatic carbocycles. The molecule has 0 aliphatic carbocycles. The monoisotopic (exact) mass is 499 g/mol. The van der Waals surface area contributed by atoms with E-state index in [4.69, 9.17) is 19.2 Å². The Morgan fingerprint density at radius 1 is 1.00 bits per heavy atom. The quantitative estimate of drug-likeness (QED) is 0.325. The molecule has 0 amide bonds. The van der Waals surface area contributed by atoms with Gasteiger partial charge in [0.1, 0.15) is 0 Å². The summed E-state index contributed by atoms with van der Waals surface area (Å²) in [5.41, 5.74) is 2.17. The van der Waals surface area contributed by atoms with Gasteiger partial charge in [0, 0.05) is 6.54 Å². The highest BCUT2D eigenvalue weighted by atomic mass is 127. The number of rotatable bonds is 8. The minimum atomic E-state index is 0. The second-order valence-electron chi connectivity index (χ2n) is 6.01. The van der Waals surface area contributed by atoms with Crippen LogP contribution in [0.2, 0.25) is 0 Å². The van der Waals surface area contributed by atoms with Crippen molar-refractivity contribution in [3.05, 3.63) is 53.6 Å². The van der Waals surface area contributed by atoms with Gasteiger partial charge in [0.05, 0.1) is 33.9 Å². The normalized spacial score (nSPS) is 11.8. The van der Waals surface area contributed by atoms with Crippen LogP contribution in [0.4, 0.5) is 0 Å². The van der Waals surface area contributed by atoms with Crippen LogP contribution in [0, 0.1) is 0 Å². The predicted molar refractivity (Wildman–Crippen MR) is 124 cm³/mol. The van der Waals surface area contributed by atoms with E-state index in [2.05, 4.69) is 29.7 Å². The maximum absolute atomic E-state index is 5.41. The number of methoxy groups -OCH3 is 3. The summed E-state index contributed by atoms with van der Waals surface area (Å²) in [5, 5.41) is 6.72. The van der Waals surface area contributed by atoms with Crippen molar-refractivity contribution >= 4 is 29.9 Å². The summed E-state index contributed by atoms with van der Waals surface area (Å²) in [6.45, 7) is 5.42. The maximum atomic E-state index is 5.41. The van der Waals surface area contributed by atoms with Gasteiger partial charge in [0.25, 0.3) is 0 Å². The lowest BCUT2D eigenvalue weighted by atomic mass is 10.1. The third-order valence-electron chi connectivity index (χ3n) is 4.14. The van der Waals surface area contributed by atoms with E-state index >= 15 is 0 Å². The van der Waals surface area contributed by atoms with Crippen molar-refractivity contribution < 1.29 is 14.2 Å². The average molecular weight is 499 g/mol. The summed E-state index contributed by atoms with van der Waals surface area (Å²) < 4.78 is 16.2. The highest BCUT2D eigenvalue weighted by Gasteiger charge is 2.13. The standard InChI is InChI=1S/C21H29N3O3.HI/c1-6-22-21(24-15(2)17-10-8-7-9-11-17)23-14-16-12-18(25-3)20(27-5)19(13-16)26-4;/h7-13,15H,6,14H2,1-5H3,(H2,22,23,24);1H. The van der Waals surface area contributed by atoms with Crippen LogP contribution in [-0.4, -0.2) is 33.8 Å². The first-order valence-electron chi connectivity index (χ1n) is 9.01. The molecule has 0 saturated heterocycles. The van der Waals surface area contributed by atoms with Crippen molar-refractivity contribution in [1.82, 2.24) is 10.6 Å². The smallest absolute Gasteiger partial charge is 0.203 e. The average Bonchev–Trinajstić information content (AvgIpc) is 2.71. The van der Waals surface area contributed by atoms with Gasteiger partial charge >= 0.3 is 0 Å². The van der Waals surface area contributed by atoms with Gasteiger partial charge in [-0.15, -0.1) is 24.0 Å². The Labute approximate surface area is 184 Å². The summed E-state index contributed by atoms with van der Waals surface area (Å²) in [6, 6.07) is 14.2. The molecule has 0 aromatic heterocycles. The lowest BCUT2D eigenvalue weighted by Crippen LogP contribution is -2.38. The fourth-order valence-electron chi connectivity index (χ4n) is 2.75. The Morgan fingerprint density at radius 3 is 2.11 bits per heavy atom. The van der Waals surface area contributed by atoms with Crippen molar-refractivity contribution in [3.63, 3.8) is 0 Å². The fourth-order valence-corrected chi connectivity index (χ4v) is 2.75. The Kier molecular flexibility index (Phi) is 10.5. The zero-order valence-corrected chi connectivity index (χ0v) is 19.4. The van der Waals surface area contributed by atoms with E-state index in [1.54, 1.807) is 21.3 Å². The number of ether oxygens (including phenoxy) is 3. The van der Waals surface area contributed by atoms with Crippen molar-refractivity contribution in [2.45, 2.75) is 26.4 Å². The van der Waals surface area contributed by atoms with Crippen LogP contribution in [0.1, 0.15) is 31.0 Å². The van der Waals surface area contributed by atoms with Gasteiger partial charge in [-0.3, -0.25) is 0 Å². The molecule has 0 saturated carbocycles. The Hall–Kier alpha value is -2.16. The zero-order valence-electron chi connectivity index (χ0n) is 17.1. The Balaban J connectivity index is 0.00000392. The minimum Gasteiger partial charge on any atom is -0.493 e. The molecule has 0 heterocycles. The number of nitrogens with one attached hydrogen (secondary N) is 2. The van der Waals surface area contributed by atoms with E-state index in [1.807, 2.05) is 37.3 Å². The third-order valence-corrected chi connectivity index (χ3v) is 4.14. The molecular weight excluding hydrogens is 469 g/mol. The molecule has 7 heteroatoms. The summed E-state index contributed by atoms with van der Waals surface area (Å²) in [5.74, 6) is 2.58. The van der Waals surface area contributed by atoms with Crippen LogP contribution >= 0.6 is 24.0 Å². The van der Waals surface area contributed by atoms with Gasteiger partial charge in [-0.2, -0.15) is 0 Å². The number of aliphatic imine (C=N–C) groups is 1. The van der Waals surface area contributed by atoms with Crippen molar-refractivity contribution in [3.8, 4) is 17.2 Å². The van der Waals surface area contributed by atoms with Crippen LogP contribution in [0.15, 0.2) is 47.5 Å². The van der Waals surface area contributed by atoms with E-state index in [-0.39, 0.29) is 30.0 Å². The molecule has 2 aromatic rings. The van der Waals surface area contributed by atoms with Crippen LogP contribution in [0.3, 0.4) is 0 Å². The van der Waals surface area contributed by atoms with E-state index in [0.717, 1.165) is 18.1 Å². The highest BCUT2D eigenvalue weighted by Crippen LogP contribution is 2.38. The highest BCUT2D eigenvalue weighted by molar-refractivity contribution is 14.0. The molecule has 0 fully saturated rings. The first-order valence-corrected chi connectivity index (χ1v) is 9.01. The molecule has 28 heavy (non-hydrogen) atoms. The van der Waals surface area contributed by atoms with Crippen molar-refractivity contribution in [1.29, 1.82) is 0 Å². The number of hydrogen-bond donors (Lipinski definition) is 2. The molecule has 0 spiro atoms. The van der Waals surface area contributed by atoms with Crippen LogP contribution in [0.25, 0.3) is 0 Å². The molecule has 154 valence electrons. The fraction of sp³-hybridized carbons (Fsp3) is 0.381. The van der Waals surface area contributed by atoms with Crippen molar-refractivity contribution in [2.24, 2.45) is 4.99 Å². The number of guanidine groups is 1. The van der Waals surface area contributed by atoms with Gasteiger partial charge in [-0.05, 0) is 37.1 Å². The van der Waals surface area contributed by atoms with Gasteiger partial charge in [-0.25, -0.2) is 4.99 Å². The Morgan fingerprint density at radius 2 is 1.61 bits per heavy atom. The minimum absolute atomic E-state index is 0. The van der Waals surface area contributed by atoms with Gasteiger partial charge in [0.15, 0.2) is 17.5 Å². The maximum Gasteiger partial charge on any atom is 0.203 e. The summed E-state index contributed by atoms with van der Waals surface area (Å²) in [7, 11) is 4.81. The number of benzene rings is 2. The number of nitrogens with zero attached hydrogens (tertiary/aromatic N) is 1. The van der Waals surface area contributed by atoms with Crippen molar-refractivity contribution in [2.75, 3.05) is 27.9 Å². The van der Waals surface area contributed by atoms with Gasteiger partial charge in [-0.1, -0.05) is 30.3 Å². The SMILES string of the molecule is CCNC(=NCc1cc(OC)c(OC)c(OC)c1)NC(C)c1ccccc1.I. The molecule has 6 nitrogen and oxygen atoms in total.